The molecule has 0 atom stereocenters. The lowest BCUT2D eigenvalue weighted by atomic mass is 10.2. The van der Waals surface area contributed by atoms with Gasteiger partial charge in [-0.25, -0.2) is 9.97 Å². The van der Waals surface area contributed by atoms with E-state index < -0.39 is 0 Å². The monoisotopic (exact) mass is 231 g/mol. The highest BCUT2D eigenvalue weighted by Crippen LogP contribution is 2.11. The molecule has 0 spiro atoms. The predicted octanol–water partition coefficient (Wildman–Crippen LogP) is 0.979. The van der Waals surface area contributed by atoms with E-state index in [0.29, 0.717) is 11.4 Å². The van der Waals surface area contributed by atoms with Gasteiger partial charge in [0, 0.05) is 23.7 Å². The number of hydrogen-bond acceptors (Lipinski definition) is 4. The summed E-state index contributed by atoms with van der Waals surface area (Å²) in [6.07, 6.45) is 3.51. The molecule has 0 aliphatic rings. The first-order valence-corrected chi connectivity index (χ1v) is 5.08. The van der Waals surface area contributed by atoms with Crippen molar-refractivity contribution in [3.8, 4) is 5.82 Å². The minimum Gasteiger partial charge on any atom is -0.409 e. The normalized spacial score (nSPS) is 11.8. The molecule has 2 aromatic heterocycles. The van der Waals surface area contributed by atoms with Crippen LogP contribution >= 0.6 is 0 Å². The van der Waals surface area contributed by atoms with E-state index >= 15 is 0 Å². The maximum Gasteiger partial charge on any atom is 0.170 e. The average molecular weight is 231 g/mol. The van der Waals surface area contributed by atoms with E-state index in [9.17, 15) is 0 Å². The first-order valence-electron chi connectivity index (χ1n) is 5.08. The molecule has 0 bridgehead atoms. The number of aromatic nitrogens is 3. The third-order valence-corrected chi connectivity index (χ3v) is 2.42. The van der Waals surface area contributed by atoms with Crippen LogP contribution in [-0.2, 0) is 0 Å². The van der Waals surface area contributed by atoms with Crippen molar-refractivity contribution in [1.82, 2.24) is 14.5 Å². The van der Waals surface area contributed by atoms with Gasteiger partial charge < -0.3 is 10.9 Å². The summed E-state index contributed by atoms with van der Waals surface area (Å²) >= 11 is 0. The van der Waals surface area contributed by atoms with Gasteiger partial charge in [0.15, 0.2) is 5.84 Å². The van der Waals surface area contributed by atoms with E-state index in [4.69, 9.17) is 10.9 Å². The number of nitrogens with two attached hydrogens (primary N) is 1. The first-order chi connectivity index (χ1) is 8.11. The first kappa shape index (κ1) is 11.1. The fourth-order valence-electron chi connectivity index (χ4n) is 1.60. The van der Waals surface area contributed by atoms with Crippen LogP contribution < -0.4 is 5.73 Å². The van der Waals surface area contributed by atoms with E-state index in [-0.39, 0.29) is 5.84 Å². The number of pyridine rings is 1. The van der Waals surface area contributed by atoms with E-state index in [2.05, 4.69) is 15.1 Å². The molecular formula is C11H13N5O. The van der Waals surface area contributed by atoms with Crippen molar-refractivity contribution in [3.05, 3.63) is 41.6 Å². The molecule has 17 heavy (non-hydrogen) atoms. The lowest BCUT2D eigenvalue weighted by Gasteiger charge is -2.07. The second kappa shape index (κ2) is 4.25. The molecule has 2 heterocycles. The summed E-state index contributed by atoms with van der Waals surface area (Å²) in [4.78, 5) is 8.51. The molecule has 2 aromatic rings. The second-order valence-corrected chi connectivity index (χ2v) is 3.69. The van der Waals surface area contributed by atoms with E-state index in [0.717, 1.165) is 11.5 Å². The number of hydrogen-bond donors (Lipinski definition) is 2. The van der Waals surface area contributed by atoms with Crippen LogP contribution in [0.2, 0.25) is 0 Å². The molecule has 0 saturated heterocycles. The van der Waals surface area contributed by atoms with Gasteiger partial charge >= 0.3 is 0 Å². The van der Waals surface area contributed by atoms with Crippen LogP contribution in [0.5, 0.6) is 0 Å². The smallest absolute Gasteiger partial charge is 0.170 e. The van der Waals surface area contributed by atoms with E-state index in [1.54, 1.807) is 18.3 Å². The van der Waals surface area contributed by atoms with Gasteiger partial charge in [-0.2, -0.15) is 0 Å². The summed E-state index contributed by atoms with van der Waals surface area (Å²) in [5, 5.41) is 11.7. The molecule has 88 valence electrons. The van der Waals surface area contributed by atoms with Crippen LogP contribution in [0.15, 0.2) is 29.7 Å². The Kier molecular flexibility index (Phi) is 2.78. The predicted molar refractivity (Wildman–Crippen MR) is 63.3 cm³/mol. The van der Waals surface area contributed by atoms with Gasteiger partial charge in [0.2, 0.25) is 0 Å². The Bertz CT molecular complexity index is 573. The van der Waals surface area contributed by atoms with Crippen molar-refractivity contribution in [2.45, 2.75) is 13.8 Å². The molecule has 6 nitrogen and oxygen atoms in total. The number of amidine groups is 1. The minimum absolute atomic E-state index is 0.0644. The molecule has 0 fully saturated rings. The largest absolute Gasteiger partial charge is 0.409 e. The van der Waals surface area contributed by atoms with Gasteiger partial charge in [0.1, 0.15) is 11.6 Å². The molecule has 6 heteroatoms. The quantitative estimate of drug-likeness (QED) is 0.349. The van der Waals surface area contributed by atoms with E-state index in [1.165, 1.54) is 0 Å². The number of imidazole rings is 1. The summed E-state index contributed by atoms with van der Waals surface area (Å²) in [5.74, 6) is 1.59. The zero-order valence-corrected chi connectivity index (χ0v) is 9.62. The molecule has 0 aliphatic carbocycles. The third kappa shape index (κ3) is 2.10. The summed E-state index contributed by atoms with van der Waals surface area (Å²) in [7, 11) is 0. The highest BCUT2D eigenvalue weighted by atomic mass is 16.4. The lowest BCUT2D eigenvalue weighted by molar-refractivity contribution is 0.318. The standard InChI is InChI=1S/C11H13N5O/c1-7-5-9(11(12)15-17)6-10(14-7)16-4-3-13-8(16)2/h3-6,17H,1-2H3,(H2,12,15). The third-order valence-electron chi connectivity index (χ3n) is 2.42. The Morgan fingerprint density at radius 2 is 2.18 bits per heavy atom. The number of aryl methyl sites for hydroxylation is 2. The molecule has 3 N–H and O–H groups in total. The number of oxime groups is 1. The van der Waals surface area contributed by atoms with Gasteiger partial charge in [0.25, 0.3) is 0 Å². The molecule has 0 saturated carbocycles. The molecule has 2 rings (SSSR count). The zero-order chi connectivity index (χ0) is 12.4. The van der Waals surface area contributed by atoms with Crippen molar-refractivity contribution in [1.29, 1.82) is 0 Å². The van der Waals surface area contributed by atoms with Gasteiger partial charge in [-0.05, 0) is 26.0 Å². The van der Waals surface area contributed by atoms with Crippen molar-refractivity contribution in [2.24, 2.45) is 10.9 Å². The molecule has 0 amide bonds. The second-order valence-electron chi connectivity index (χ2n) is 3.69. The molecule has 0 radical (unpaired) electrons. The number of rotatable bonds is 2. The van der Waals surface area contributed by atoms with E-state index in [1.807, 2.05) is 24.6 Å². The van der Waals surface area contributed by atoms with Gasteiger partial charge in [-0.3, -0.25) is 4.57 Å². The molecule has 0 aliphatic heterocycles. The van der Waals surface area contributed by atoms with Crippen LogP contribution in [0.25, 0.3) is 5.82 Å². The van der Waals surface area contributed by atoms with Crippen LogP contribution in [-0.4, -0.2) is 25.6 Å². The van der Waals surface area contributed by atoms with Crippen molar-refractivity contribution >= 4 is 5.84 Å². The molecule has 0 aromatic carbocycles. The zero-order valence-electron chi connectivity index (χ0n) is 9.62. The van der Waals surface area contributed by atoms with Crippen LogP contribution in [0.4, 0.5) is 0 Å². The lowest BCUT2D eigenvalue weighted by Crippen LogP contribution is -2.14. The maximum atomic E-state index is 8.68. The highest BCUT2D eigenvalue weighted by molar-refractivity contribution is 5.97. The highest BCUT2D eigenvalue weighted by Gasteiger charge is 2.07. The SMILES string of the molecule is Cc1cc(/C(N)=N/O)cc(-n2ccnc2C)n1. The Morgan fingerprint density at radius 3 is 2.76 bits per heavy atom. The minimum atomic E-state index is 0.0644. The summed E-state index contributed by atoms with van der Waals surface area (Å²) in [6.45, 7) is 3.73. The van der Waals surface area contributed by atoms with Crippen LogP contribution in [0.1, 0.15) is 17.1 Å². The number of nitrogens with zero attached hydrogens (tertiary/aromatic N) is 4. The van der Waals surface area contributed by atoms with Gasteiger partial charge in [-0.15, -0.1) is 0 Å². The average Bonchev–Trinajstić information content (AvgIpc) is 2.73. The summed E-state index contributed by atoms with van der Waals surface area (Å²) in [6, 6.07) is 3.50. The Balaban J connectivity index is 2.57. The Morgan fingerprint density at radius 1 is 1.41 bits per heavy atom. The summed E-state index contributed by atoms with van der Waals surface area (Å²) < 4.78 is 1.83. The van der Waals surface area contributed by atoms with Crippen molar-refractivity contribution in [3.63, 3.8) is 0 Å². The maximum absolute atomic E-state index is 8.68. The van der Waals surface area contributed by atoms with Crippen LogP contribution in [0.3, 0.4) is 0 Å². The molecular weight excluding hydrogens is 218 g/mol. The van der Waals surface area contributed by atoms with Crippen molar-refractivity contribution < 1.29 is 5.21 Å². The van der Waals surface area contributed by atoms with Gasteiger partial charge in [0.05, 0.1) is 0 Å². The summed E-state index contributed by atoms with van der Waals surface area (Å²) in [5.41, 5.74) is 6.99. The topological polar surface area (TPSA) is 89.3 Å². The van der Waals surface area contributed by atoms with Gasteiger partial charge in [-0.1, -0.05) is 5.16 Å². The van der Waals surface area contributed by atoms with Crippen molar-refractivity contribution in [2.75, 3.05) is 0 Å². The fourth-order valence-corrected chi connectivity index (χ4v) is 1.60. The fraction of sp³-hybridized carbons (Fsp3) is 0.182. The molecule has 0 unspecified atom stereocenters. The Labute approximate surface area is 98.4 Å². The van der Waals surface area contributed by atoms with Crippen LogP contribution in [0, 0.1) is 13.8 Å². The Hall–Kier alpha value is -2.37.